The van der Waals surface area contributed by atoms with Gasteiger partial charge in [-0.1, -0.05) is 60.0 Å². The predicted octanol–water partition coefficient (Wildman–Crippen LogP) is 6.00. The highest BCUT2D eigenvalue weighted by Gasteiger charge is 2.25. The van der Waals surface area contributed by atoms with Crippen molar-refractivity contribution in [3.63, 3.8) is 0 Å². The lowest BCUT2D eigenvalue weighted by atomic mass is 10.2. The van der Waals surface area contributed by atoms with E-state index in [4.69, 9.17) is 9.97 Å². The van der Waals surface area contributed by atoms with Crippen molar-refractivity contribution in [1.82, 2.24) is 14.5 Å². The largest absolute Gasteiger partial charge is 0.270 e. The predicted molar refractivity (Wildman–Crippen MR) is 146 cm³/mol. The fourth-order valence-electron chi connectivity index (χ4n) is 4.26. The lowest BCUT2D eigenvalue weighted by Crippen LogP contribution is -2.32. The van der Waals surface area contributed by atoms with Crippen LogP contribution in [0.2, 0.25) is 0 Å². The molecule has 0 fully saturated rings. The van der Waals surface area contributed by atoms with Gasteiger partial charge >= 0.3 is 0 Å². The summed E-state index contributed by atoms with van der Waals surface area (Å²) in [5.74, 6) is 0.605. The number of sulfonamides is 1. The highest BCUT2D eigenvalue weighted by molar-refractivity contribution is 9.10. The molecule has 7 nitrogen and oxygen atoms in total. The third-order valence-electron chi connectivity index (χ3n) is 6.09. The van der Waals surface area contributed by atoms with Crippen molar-refractivity contribution in [3.8, 4) is 5.82 Å². The molecule has 0 spiro atoms. The standard InChI is InChI=1S/C27H27BrN5O2S/c1-2-3-4-9-18-32-19-33(25-13-8-7-12-24(25)32)27-26(29-22-10-5-6-11-23(22)30-27)31-36(34,35)21-16-14-20(28)15-17-21/h5-8,10-17,19H,2-4,9,18H2,1H3,(H,29,31)/q+1. The van der Waals surface area contributed by atoms with Crippen LogP contribution in [-0.4, -0.2) is 23.0 Å². The van der Waals surface area contributed by atoms with Crippen LogP contribution in [0.15, 0.2) is 88.5 Å². The minimum Gasteiger partial charge on any atom is -0.258 e. The number of nitrogens with one attached hydrogen (secondary N) is 1. The monoisotopic (exact) mass is 564 g/mol. The topological polar surface area (TPSA) is 80.8 Å². The van der Waals surface area contributed by atoms with Gasteiger partial charge in [0.05, 0.1) is 22.5 Å². The van der Waals surface area contributed by atoms with Crippen molar-refractivity contribution in [2.24, 2.45) is 0 Å². The lowest BCUT2D eigenvalue weighted by molar-refractivity contribution is -0.672. The van der Waals surface area contributed by atoms with Gasteiger partial charge in [0.25, 0.3) is 22.2 Å². The van der Waals surface area contributed by atoms with Gasteiger partial charge in [-0.15, -0.1) is 0 Å². The fraction of sp³-hybridized carbons (Fsp3) is 0.222. The Bertz CT molecular complexity index is 1630. The van der Waals surface area contributed by atoms with Gasteiger partial charge in [0.15, 0.2) is 11.0 Å². The molecule has 0 unspecified atom stereocenters. The van der Waals surface area contributed by atoms with E-state index in [0.717, 1.165) is 34.9 Å². The molecule has 0 bridgehead atoms. The van der Waals surface area contributed by atoms with E-state index in [1.54, 1.807) is 24.3 Å². The van der Waals surface area contributed by atoms with Gasteiger partial charge in [0.2, 0.25) is 5.82 Å². The molecular formula is C27H27BrN5O2S+. The summed E-state index contributed by atoms with van der Waals surface area (Å²) in [7, 11) is -3.89. The number of halogens is 1. The smallest absolute Gasteiger partial charge is 0.258 e. The Morgan fingerprint density at radius 3 is 2.33 bits per heavy atom. The molecule has 0 atom stereocenters. The Labute approximate surface area is 219 Å². The summed E-state index contributed by atoms with van der Waals surface area (Å²) in [6, 6.07) is 22.0. The molecule has 0 aliphatic carbocycles. The zero-order valence-electron chi connectivity index (χ0n) is 19.9. The maximum absolute atomic E-state index is 13.3. The van der Waals surface area contributed by atoms with E-state index in [1.807, 2.05) is 53.4 Å². The zero-order valence-corrected chi connectivity index (χ0v) is 22.3. The third kappa shape index (κ3) is 4.99. The van der Waals surface area contributed by atoms with Crippen LogP contribution in [0.5, 0.6) is 0 Å². The number of para-hydroxylation sites is 4. The molecule has 0 aliphatic heterocycles. The van der Waals surface area contributed by atoms with Gasteiger partial charge in [-0.05, 0) is 61.4 Å². The van der Waals surface area contributed by atoms with Crippen molar-refractivity contribution in [2.45, 2.75) is 44.0 Å². The molecule has 9 heteroatoms. The van der Waals surface area contributed by atoms with Gasteiger partial charge in [0.1, 0.15) is 0 Å². The summed E-state index contributed by atoms with van der Waals surface area (Å²) in [6.07, 6.45) is 6.61. The molecule has 2 aromatic heterocycles. The third-order valence-corrected chi connectivity index (χ3v) is 7.98. The Hall–Kier alpha value is -3.30. The van der Waals surface area contributed by atoms with Crippen molar-refractivity contribution in [3.05, 3.63) is 83.6 Å². The number of rotatable bonds is 9. The number of aryl methyl sites for hydroxylation is 1. The average molecular weight is 566 g/mol. The second kappa shape index (κ2) is 10.4. The summed E-state index contributed by atoms with van der Waals surface area (Å²) < 4.78 is 34.2. The van der Waals surface area contributed by atoms with E-state index in [9.17, 15) is 8.42 Å². The molecule has 36 heavy (non-hydrogen) atoms. The first kappa shape index (κ1) is 24.4. The van der Waals surface area contributed by atoms with Crippen LogP contribution < -0.4 is 9.29 Å². The van der Waals surface area contributed by atoms with Crippen LogP contribution in [0, 0.1) is 0 Å². The minimum absolute atomic E-state index is 0.148. The molecule has 0 saturated carbocycles. The molecular weight excluding hydrogens is 538 g/mol. The quantitative estimate of drug-likeness (QED) is 0.176. The van der Waals surface area contributed by atoms with Crippen LogP contribution >= 0.6 is 15.9 Å². The van der Waals surface area contributed by atoms with Gasteiger partial charge < -0.3 is 0 Å². The number of hydrogen-bond acceptors (Lipinski definition) is 4. The highest BCUT2D eigenvalue weighted by Crippen LogP contribution is 2.26. The maximum atomic E-state index is 13.3. The Morgan fingerprint density at radius 1 is 0.889 bits per heavy atom. The molecule has 0 radical (unpaired) electrons. The summed E-state index contributed by atoms with van der Waals surface area (Å²) in [5, 5.41) is 0. The first-order valence-electron chi connectivity index (χ1n) is 12.0. The number of imidazole rings is 1. The minimum atomic E-state index is -3.89. The normalized spacial score (nSPS) is 11.8. The van der Waals surface area contributed by atoms with Crippen LogP contribution in [0.3, 0.4) is 0 Å². The number of unbranched alkanes of at least 4 members (excludes halogenated alkanes) is 3. The fourth-order valence-corrected chi connectivity index (χ4v) is 5.53. The van der Waals surface area contributed by atoms with Gasteiger partial charge in [-0.3, -0.25) is 4.72 Å². The SMILES string of the molecule is CCCCCC[n+]1cn(-c2nc3ccccc3nc2NS(=O)(=O)c2ccc(Br)cc2)c2ccccc21. The molecule has 5 aromatic rings. The number of benzene rings is 3. The van der Waals surface area contributed by atoms with Crippen LogP contribution in [0.4, 0.5) is 5.82 Å². The summed E-state index contributed by atoms with van der Waals surface area (Å²) in [4.78, 5) is 9.70. The average Bonchev–Trinajstić information content (AvgIpc) is 3.25. The number of anilines is 1. The number of aromatic nitrogens is 4. The van der Waals surface area contributed by atoms with Gasteiger partial charge in [-0.25, -0.2) is 23.0 Å². The van der Waals surface area contributed by atoms with Crippen molar-refractivity contribution < 1.29 is 13.0 Å². The Morgan fingerprint density at radius 2 is 1.58 bits per heavy atom. The van der Waals surface area contributed by atoms with E-state index in [0.29, 0.717) is 16.9 Å². The highest BCUT2D eigenvalue weighted by atomic mass is 79.9. The first-order chi connectivity index (χ1) is 17.5. The molecule has 1 N–H and O–H groups in total. The van der Waals surface area contributed by atoms with E-state index in [2.05, 4.69) is 38.2 Å². The van der Waals surface area contributed by atoms with Crippen LogP contribution in [0.1, 0.15) is 32.6 Å². The zero-order chi connectivity index (χ0) is 25.1. The maximum Gasteiger partial charge on any atom is 0.270 e. The first-order valence-corrected chi connectivity index (χ1v) is 14.3. The summed E-state index contributed by atoms with van der Waals surface area (Å²) in [5.41, 5.74) is 3.29. The van der Waals surface area contributed by atoms with E-state index < -0.39 is 10.0 Å². The van der Waals surface area contributed by atoms with Crippen molar-refractivity contribution >= 4 is 53.8 Å². The Balaban J connectivity index is 1.64. The number of fused-ring (bicyclic) bond motifs is 2. The lowest BCUT2D eigenvalue weighted by Gasteiger charge is -2.11. The molecule has 3 aromatic carbocycles. The van der Waals surface area contributed by atoms with Crippen LogP contribution in [0.25, 0.3) is 27.9 Å². The van der Waals surface area contributed by atoms with Crippen molar-refractivity contribution in [1.29, 1.82) is 0 Å². The van der Waals surface area contributed by atoms with E-state index >= 15 is 0 Å². The number of hydrogen-bond donors (Lipinski definition) is 1. The molecule has 184 valence electrons. The van der Waals surface area contributed by atoms with Gasteiger partial charge in [-0.2, -0.15) is 4.57 Å². The summed E-state index contributed by atoms with van der Waals surface area (Å²) >= 11 is 3.36. The molecule has 0 amide bonds. The molecule has 0 aliphatic rings. The molecule has 5 rings (SSSR count). The van der Waals surface area contributed by atoms with Gasteiger partial charge in [0, 0.05) is 4.47 Å². The number of nitrogens with zero attached hydrogens (tertiary/aromatic N) is 4. The summed E-state index contributed by atoms with van der Waals surface area (Å²) in [6.45, 7) is 3.07. The molecule has 2 heterocycles. The molecule has 0 saturated heterocycles. The second-order valence-electron chi connectivity index (χ2n) is 8.67. The van der Waals surface area contributed by atoms with Crippen molar-refractivity contribution in [2.75, 3.05) is 4.72 Å². The second-order valence-corrected chi connectivity index (χ2v) is 11.3. The van der Waals surface area contributed by atoms with Crippen LogP contribution in [-0.2, 0) is 16.6 Å². The van der Waals surface area contributed by atoms with E-state index in [-0.39, 0.29) is 10.7 Å². The van der Waals surface area contributed by atoms with E-state index in [1.165, 1.54) is 12.8 Å². The Kier molecular flexibility index (Phi) is 7.02.